The molecule has 1 unspecified atom stereocenters. The van der Waals surface area contributed by atoms with Gasteiger partial charge in [0.25, 0.3) is 0 Å². The van der Waals surface area contributed by atoms with Gasteiger partial charge in [0.05, 0.1) is 0 Å². The molecule has 0 amide bonds. The zero-order chi connectivity index (χ0) is 11.5. The molecule has 1 fully saturated rings. The second-order valence-electron chi connectivity index (χ2n) is 4.37. The van der Waals surface area contributed by atoms with Gasteiger partial charge in [0.1, 0.15) is 0 Å². The largest absolute Gasteiger partial charge is 0.330 e. The summed E-state index contributed by atoms with van der Waals surface area (Å²) in [6, 6.07) is 4.08. The van der Waals surface area contributed by atoms with E-state index in [-0.39, 0.29) is 0 Å². The van der Waals surface area contributed by atoms with Crippen LogP contribution in [0.25, 0.3) is 0 Å². The van der Waals surface area contributed by atoms with E-state index in [0.717, 1.165) is 25.1 Å². The number of halogens is 2. The highest BCUT2D eigenvalue weighted by Crippen LogP contribution is 2.18. The fourth-order valence-corrected chi connectivity index (χ4v) is 2.15. The molecule has 0 bridgehead atoms. The van der Waals surface area contributed by atoms with Crippen LogP contribution in [0.15, 0.2) is 18.2 Å². The molecular formula is C12H16F2N2. The molecule has 1 aromatic carbocycles. The molecule has 1 aromatic rings. The van der Waals surface area contributed by atoms with Gasteiger partial charge in [-0.15, -0.1) is 0 Å². The Bertz CT molecular complexity index is 368. The number of rotatable bonds is 3. The van der Waals surface area contributed by atoms with Gasteiger partial charge in [0, 0.05) is 13.1 Å². The average Bonchev–Trinajstić information content (AvgIpc) is 2.71. The van der Waals surface area contributed by atoms with Crippen LogP contribution in [-0.4, -0.2) is 24.5 Å². The molecule has 1 heterocycles. The van der Waals surface area contributed by atoms with Crippen molar-refractivity contribution in [1.82, 2.24) is 4.90 Å². The average molecular weight is 226 g/mol. The fourth-order valence-electron chi connectivity index (χ4n) is 2.15. The SMILES string of the molecule is NCC1CCN(Cc2ccc(F)c(F)c2)C1. The molecule has 1 aliphatic rings. The summed E-state index contributed by atoms with van der Waals surface area (Å²) in [6.45, 7) is 3.32. The van der Waals surface area contributed by atoms with E-state index in [1.165, 1.54) is 12.1 Å². The smallest absolute Gasteiger partial charge is 0.159 e. The summed E-state index contributed by atoms with van der Waals surface area (Å²) in [5.41, 5.74) is 6.41. The molecule has 1 saturated heterocycles. The predicted molar refractivity (Wildman–Crippen MR) is 58.8 cm³/mol. The fraction of sp³-hybridized carbons (Fsp3) is 0.500. The number of benzene rings is 1. The first-order valence-electron chi connectivity index (χ1n) is 5.55. The number of hydrogen-bond donors (Lipinski definition) is 1. The first-order chi connectivity index (χ1) is 7.69. The molecule has 1 aliphatic heterocycles. The van der Waals surface area contributed by atoms with Crippen LogP contribution in [0.4, 0.5) is 8.78 Å². The number of nitrogens with two attached hydrogens (primary N) is 1. The number of likely N-dealkylation sites (tertiary alicyclic amines) is 1. The van der Waals surface area contributed by atoms with Crippen molar-refractivity contribution in [3.8, 4) is 0 Å². The van der Waals surface area contributed by atoms with Crippen LogP contribution < -0.4 is 5.73 Å². The molecule has 2 rings (SSSR count). The molecule has 4 heteroatoms. The van der Waals surface area contributed by atoms with Crippen LogP contribution >= 0.6 is 0 Å². The van der Waals surface area contributed by atoms with Gasteiger partial charge < -0.3 is 5.73 Å². The minimum absolute atomic E-state index is 0.547. The summed E-state index contributed by atoms with van der Waals surface area (Å²) in [4.78, 5) is 2.23. The Hall–Kier alpha value is -1.00. The highest BCUT2D eigenvalue weighted by atomic mass is 19.2. The Kier molecular flexibility index (Phi) is 3.51. The van der Waals surface area contributed by atoms with Crippen molar-refractivity contribution in [2.75, 3.05) is 19.6 Å². The summed E-state index contributed by atoms with van der Waals surface area (Å²) in [7, 11) is 0. The van der Waals surface area contributed by atoms with Gasteiger partial charge in [-0.05, 0) is 43.1 Å². The molecule has 0 aromatic heterocycles. The van der Waals surface area contributed by atoms with Gasteiger partial charge in [0.2, 0.25) is 0 Å². The highest BCUT2D eigenvalue weighted by Gasteiger charge is 2.21. The molecule has 2 N–H and O–H groups in total. The molecule has 2 nitrogen and oxygen atoms in total. The first-order valence-corrected chi connectivity index (χ1v) is 5.55. The lowest BCUT2D eigenvalue weighted by atomic mass is 10.1. The summed E-state index contributed by atoms with van der Waals surface area (Å²) in [6.07, 6.45) is 1.10. The lowest BCUT2D eigenvalue weighted by Crippen LogP contribution is -2.22. The Labute approximate surface area is 94.0 Å². The Morgan fingerprint density at radius 3 is 2.75 bits per heavy atom. The maximum Gasteiger partial charge on any atom is 0.159 e. The van der Waals surface area contributed by atoms with Crippen LogP contribution in [0.3, 0.4) is 0 Å². The van der Waals surface area contributed by atoms with Crippen LogP contribution in [0.5, 0.6) is 0 Å². The van der Waals surface area contributed by atoms with Gasteiger partial charge in [-0.3, -0.25) is 4.90 Å². The van der Waals surface area contributed by atoms with Gasteiger partial charge in [0.15, 0.2) is 11.6 Å². The predicted octanol–water partition coefficient (Wildman–Crippen LogP) is 1.75. The van der Waals surface area contributed by atoms with Gasteiger partial charge in [-0.2, -0.15) is 0 Å². The van der Waals surface area contributed by atoms with Crippen molar-refractivity contribution < 1.29 is 8.78 Å². The summed E-state index contributed by atoms with van der Waals surface area (Å²) >= 11 is 0. The third-order valence-corrected chi connectivity index (χ3v) is 3.09. The molecule has 88 valence electrons. The quantitative estimate of drug-likeness (QED) is 0.850. The van der Waals surface area contributed by atoms with Gasteiger partial charge >= 0.3 is 0 Å². The van der Waals surface area contributed by atoms with Crippen molar-refractivity contribution in [1.29, 1.82) is 0 Å². The maximum absolute atomic E-state index is 13.0. The second-order valence-corrected chi connectivity index (χ2v) is 4.37. The van der Waals surface area contributed by atoms with E-state index in [1.54, 1.807) is 6.07 Å². The monoisotopic (exact) mass is 226 g/mol. The van der Waals surface area contributed by atoms with Crippen molar-refractivity contribution in [2.45, 2.75) is 13.0 Å². The normalized spacial score (nSPS) is 21.6. The Morgan fingerprint density at radius 1 is 1.31 bits per heavy atom. The van der Waals surface area contributed by atoms with E-state index in [9.17, 15) is 8.78 Å². The van der Waals surface area contributed by atoms with Crippen LogP contribution in [0.2, 0.25) is 0 Å². The molecule has 16 heavy (non-hydrogen) atoms. The number of nitrogens with zero attached hydrogens (tertiary/aromatic N) is 1. The molecule has 0 radical (unpaired) electrons. The molecule has 0 aliphatic carbocycles. The molecule has 0 spiro atoms. The van der Waals surface area contributed by atoms with E-state index in [1.807, 2.05) is 0 Å². The minimum atomic E-state index is -0.787. The van der Waals surface area contributed by atoms with Crippen LogP contribution in [0, 0.1) is 17.6 Å². The van der Waals surface area contributed by atoms with E-state index >= 15 is 0 Å². The lowest BCUT2D eigenvalue weighted by Gasteiger charge is -2.15. The van der Waals surface area contributed by atoms with E-state index in [2.05, 4.69) is 4.90 Å². The van der Waals surface area contributed by atoms with Gasteiger partial charge in [-0.25, -0.2) is 8.78 Å². The summed E-state index contributed by atoms with van der Waals surface area (Å²) < 4.78 is 25.7. The Balaban J connectivity index is 1.97. The van der Waals surface area contributed by atoms with Crippen molar-refractivity contribution >= 4 is 0 Å². The summed E-state index contributed by atoms with van der Waals surface area (Å²) in [5.74, 6) is -1.01. The second kappa shape index (κ2) is 4.89. The Morgan fingerprint density at radius 2 is 2.12 bits per heavy atom. The highest BCUT2D eigenvalue weighted by molar-refractivity contribution is 5.17. The third-order valence-electron chi connectivity index (χ3n) is 3.09. The minimum Gasteiger partial charge on any atom is -0.330 e. The van der Waals surface area contributed by atoms with E-state index in [0.29, 0.717) is 19.0 Å². The number of hydrogen-bond acceptors (Lipinski definition) is 2. The topological polar surface area (TPSA) is 29.3 Å². The van der Waals surface area contributed by atoms with E-state index < -0.39 is 11.6 Å². The molecule has 1 atom stereocenters. The van der Waals surface area contributed by atoms with Crippen molar-refractivity contribution in [2.24, 2.45) is 11.7 Å². The molecular weight excluding hydrogens is 210 g/mol. The third kappa shape index (κ3) is 2.57. The van der Waals surface area contributed by atoms with Crippen molar-refractivity contribution in [3.05, 3.63) is 35.4 Å². The maximum atomic E-state index is 13.0. The lowest BCUT2D eigenvalue weighted by molar-refractivity contribution is 0.317. The van der Waals surface area contributed by atoms with Crippen LogP contribution in [0.1, 0.15) is 12.0 Å². The first kappa shape index (κ1) is 11.5. The van der Waals surface area contributed by atoms with Crippen LogP contribution in [-0.2, 0) is 6.54 Å². The summed E-state index contributed by atoms with van der Waals surface area (Å²) in [5, 5.41) is 0. The standard InChI is InChI=1S/C12H16F2N2/c13-11-2-1-9(5-12(11)14)7-16-4-3-10(6-15)8-16/h1-2,5,10H,3-4,6-8,15H2. The zero-order valence-corrected chi connectivity index (χ0v) is 9.13. The van der Waals surface area contributed by atoms with Gasteiger partial charge in [-0.1, -0.05) is 6.07 Å². The zero-order valence-electron chi connectivity index (χ0n) is 9.13. The van der Waals surface area contributed by atoms with Crippen molar-refractivity contribution in [3.63, 3.8) is 0 Å². The van der Waals surface area contributed by atoms with E-state index in [4.69, 9.17) is 5.73 Å². The molecule has 0 saturated carbocycles.